The minimum absolute atomic E-state index is 0.0678. The van der Waals surface area contributed by atoms with Gasteiger partial charge in [-0.3, -0.25) is 4.79 Å². The third-order valence-electron chi connectivity index (χ3n) is 3.63. The van der Waals surface area contributed by atoms with Crippen LogP contribution in [0.4, 0.5) is 0 Å². The van der Waals surface area contributed by atoms with Crippen LogP contribution in [0.2, 0.25) is 0 Å². The van der Waals surface area contributed by atoms with E-state index in [0.717, 1.165) is 17.7 Å². The average molecular weight is 350 g/mol. The molecule has 1 fully saturated rings. The highest BCUT2D eigenvalue weighted by atomic mass is 32.2. The number of nitrogens with zero attached hydrogens (tertiary/aromatic N) is 1. The lowest BCUT2D eigenvalue weighted by Gasteiger charge is -2.16. The van der Waals surface area contributed by atoms with Gasteiger partial charge in [0.1, 0.15) is 0 Å². The van der Waals surface area contributed by atoms with Crippen LogP contribution in [0.15, 0.2) is 46.7 Å². The molecule has 1 aromatic carbocycles. The first-order valence-electron chi connectivity index (χ1n) is 7.36. The standard InChI is InChI=1S/C16H18N2O3S2/c1-18(11-14-3-2-10-22-14)16(19)12-4-8-15(9-5-12)23(20,21)17-13-6-7-13/h2-5,8-10,13,17H,6-7,11H2,1H3. The molecule has 0 spiro atoms. The van der Waals surface area contributed by atoms with Crippen LogP contribution in [0.5, 0.6) is 0 Å². The van der Waals surface area contributed by atoms with E-state index in [2.05, 4.69) is 4.72 Å². The maximum absolute atomic E-state index is 12.4. The maximum Gasteiger partial charge on any atom is 0.253 e. The zero-order valence-corrected chi connectivity index (χ0v) is 14.4. The van der Waals surface area contributed by atoms with E-state index in [1.165, 1.54) is 12.1 Å². The molecule has 122 valence electrons. The van der Waals surface area contributed by atoms with Crippen LogP contribution in [0.25, 0.3) is 0 Å². The van der Waals surface area contributed by atoms with Crippen molar-refractivity contribution < 1.29 is 13.2 Å². The molecule has 2 aromatic rings. The molecule has 1 aliphatic rings. The molecule has 0 atom stereocenters. The lowest BCUT2D eigenvalue weighted by atomic mass is 10.2. The molecule has 0 radical (unpaired) electrons. The first kappa shape index (κ1) is 16.2. The summed E-state index contributed by atoms with van der Waals surface area (Å²) in [4.78, 5) is 15.3. The zero-order chi connectivity index (χ0) is 16.4. The first-order chi connectivity index (χ1) is 11.0. The van der Waals surface area contributed by atoms with Crippen LogP contribution in [-0.2, 0) is 16.6 Å². The normalized spacial score (nSPS) is 14.7. The quantitative estimate of drug-likeness (QED) is 0.870. The van der Waals surface area contributed by atoms with Crippen molar-refractivity contribution in [3.63, 3.8) is 0 Å². The largest absolute Gasteiger partial charge is 0.337 e. The van der Waals surface area contributed by atoms with Gasteiger partial charge in [0, 0.05) is 23.5 Å². The Morgan fingerprint density at radius 1 is 1.26 bits per heavy atom. The van der Waals surface area contributed by atoms with Crippen LogP contribution in [-0.4, -0.2) is 32.3 Å². The summed E-state index contributed by atoms with van der Waals surface area (Å²) in [5.74, 6) is -0.127. The SMILES string of the molecule is CN(Cc1cccs1)C(=O)c1ccc(S(=O)(=O)NC2CC2)cc1. The minimum Gasteiger partial charge on any atom is -0.337 e. The molecule has 0 aliphatic heterocycles. The number of thiophene rings is 1. The van der Waals surface area contributed by atoms with Gasteiger partial charge in [0.15, 0.2) is 0 Å². The van der Waals surface area contributed by atoms with Crippen LogP contribution >= 0.6 is 11.3 Å². The molecular formula is C16H18N2O3S2. The van der Waals surface area contributed by atoms with E-state index in [1.807, 2.05) is 17.5 Å². The summed E-state index contributed by atoms with van der Waals surface area (Å²) in [6.45, 7) is 0.541. The predicted molar refractivity (Wildman–Crippen MR) is 89.9 cm³/mol. The molecule has 5 nitrogen and oxygen atoms in total. The topological polar surface area (TPSA) is 66.5 Å². The fourth-order valence-electron chi connectivity index (χ4n) is 2.19. The van der Waals surface area contributed by atoms with Gasteiger partial charge in [0.05, 0.1) is 11.4 Å². The summed E-state index contributed by atoms with van der Waals surface area (Å²) in [5.41, 5.74) is 0.481. The van der Waals surface area contributed by atoms with Gasteiger partial charge in [-0.1, -0.05) is 6.07 Å². The smallest absolute Gasteiger partial charge is 0.253 e. The van der Waals surface area contributed by atoms with Gasteiger partial charge < -0.3 is 4.90 Å². The number of carbonyl (C=O) groups is 1. The average Bonchev–Trinajstić information content (AvgIpc) is 3.18. The van der Waals surface area contributed by atoms with Crippen molar-refractivity contribution in [2.45, 2.75) is 30.3 Å². The first-order valence-corrected chi connectivity index (χ1v) is 9.72. The fraction of sp³-hybridized carbons (Fsp3) is 0.312. The van der Waals surface area contributed by atoms with E-state index in [0.29, 0.717) is 12.1 Å². The van der Waals surface area contributed by atoms with Crippen LogP contribution in [0.1, 0.15) is 28.1 Å². The number of amides is 1. The molecule has 1 amide bonds. The molecular weight excluding hydrogens is 332 g/mol. The molecule has 23 heavy (non-hydrogen) atoms. The molecule has 1 N–H and O–H groups in total. The molecule has 1 heterocycles. The minimum atomic E-state index is -3.47. The van der Waals surface area contributed by atoms with Crippen molar-refractivity contribution in [2.75, 3.05) is 7.05 Å². The van der Waals surface area contributed by atoms with Gasteiger partial charge in [-0.25, -0.2) is 13.1 Å². The lowest BCUT2D eigenvalue weighted by molar-refractivity contribution is 0.0786. The van der Waals surface area contributed by atoms with E-state index in [4.69, 9.17) is 0 Å². The second-order valence-corrected chi connectivity index (χ2v) is 8.41. The maximum atomic E-state index is 12.4. The van der Waals surface area contributed by atoms with E-state index in [9.17, 15) is 13.2 Å². The van der Waals surface area contributed by atoms with Crippen molar-refractivity contribution in [1.82, 2.24) is 9.62 Å². The van der Waals surface area contributed by atoms with Crippen molar-refractivity contribution in [1.29, 1.82) is 0 Å². The van der Waals surface area contributed by atoms with E-state index < -0.39 is 10.0 Å². The van der Waals surface area contributed by atoms with E-state index in [-0.39, 0.29) is 16.8 Å². The Labute approximate surface area is 140 Å². The fourth-order valence-corrected chi connectivity index (χ4v) is 4.26. The second kappa shape index (κ2) is 6.43. The summed E-state index contributed by atoms with van der Waals surface area (Å²) < 4.78 is 26.8. The summed E-state index contributed by atoms with van der Waals surface area (Å²) in [6.07, 6.45) is 1.78. The van der Waals surface area contributed by atoms with Gasteiger partial charge >= 0.3 is 0 Å². The Morgan fingerprint density at radius 3 is 2.52 bits per heavy atom. The molecule has 3 rings (SSSR count). The molecule has 1 aromatic heterocycles. The van der Waals surface area contributed by atoms with Crippen molar-refractivity contribution in [2.24, 2.45) is 0 Å². The Balaban J connectivity index is 1.69. The van der Waals surface area contributed by atoms with E-state index in [1.54, 1.807) is 35.4 Å². The lowest BCUT2D eigenvalue weighted by Crippen LogP contribution is -2.27. The van der Waals surface area contributed by atoms with Crippen LogP contribution in [0, 0.1) is 0 Å². The monoisotopic (exact) mass is 350 g/mol. The Hall–Kier alpha value is -1.70. The summed E-state index contributed by atoms with van der Waals surface area (Å²) in [7, 11) is -1.74. The van der Waals surface area contributed by atoms with E-state index >= 15 is 0 Å². The molecule has 0 bridgehead atoms. The zero-order valence-electron chi connectivity index (χ0n) is 12.7. The number of hydrogen-bond donors (Lipinski definition) is 1. The number of rotatable bonds is 6. The Kier molecular flexibility index (Phi) is 4.52. The van der Waals surface area contributed by atoms with Crippen molar-refractivity contribution >= 4 is 27.3 Å². The molecule has 0 unspecified atom stereocenters. The third kappa shape index (κ3) is 3.99. The Bertz CT molecular complexity index is 779. The highest BCUT2D eigenvalue weighted by molar-refractivity contribution is 7.89. The van der Waals surface area contributed by atoms with Crippen molar-refractivity contribution in [3.8, 4) is 0 Å². The van der Waals surface area contributed by atoms with Crippen molar-refractivity contribution in [3.05, 3.63) is 52.2 Å². The predicted octanol–water partition coefficient (Wildman–Crippen LogP) is 2.46. The Morgan fingerprint density at radius 2 is 1.96 bits per heavy atom. The molecule has 1 saturated carbocycles. The molecule has 7 heteroatoms. The summed E-state index contributed by atoms with van der Waals surface area (Å²) in [5, 5.41) is 1.97. The molecule has 0 saturated heterocycles. The van der Waals surface area contributed by atoms with Crippen LogP contribution < -0.4 is 4.72 Å². The van der Waals surface area contributed by atoms with Gasteiger partial charge in [-0.05, 0) is 48.6 Å². The number of nitrogens with one attached hydrogen (secondary N) is 1. The van der Waals surface area contributed by atoms with Gasteiger partial charge in [0.2, 0.25) is 10.0 Å². The number of carbonyl (C=O) groups excluding carboxylic acids is 1. The highest BCUT2D eigenvalue weighted by Gasteiger charge is 2.28. The number of sulfonamides is 1. The van der Waals surface area contributed by atoms with Gasteiger partial charge in [-0.2, -0.15) is 0 Å². The second-order valence-electron chi connectivity index (χ2n) is 5.66. The molecule has 1 aliphatic carbocycles. The number of hydrogen-bond acceptors (Lipinski definition) is 4. The van der Waals surface area contributed by atoms with Crippen LogP contribution in [0.3, 0.4) is 0 Å². The summed E-state index contributed by atoms with van der Waals surface area (Å²) in [6, 6.07) is 10.1. The van der Waals surface area contributed by atoms with Gasteiger partial charge in [0.25, 0.3) is 5.91 Å². The summed E-state index contributed by atoms with van der Waals surface area (Å²) >= 11 is 1.60. The van der Waals surface area contributed by atoms with Gasteiger partial charge in [-0.15, -0.1) is 11.3 Å². The third-order valence-corrected chi connectivity index (χ3v) is 6.03. The number of benzene rings is 1. The highest BCUT2D eigenvalue weighted by Crippen LogP contribution is 2.22.